The van der Waals surface area contributed by atoms with E-state index in [9.17, 15) is 13.9 Å². The van der Waals surface area contributed by atoms with Crippen molar-refractivity contribution in [2.45, 2.75) is 32.1 Å². The second-order valence-electron chi connectivity index (χ2n) is 8.02. The van der Waals surface area contributed by atoms with E-state index in [-0.39, 0.29) is 12.3 Å². The van der Waals surface area contributed by atoms with Gasteiger partial charge in [-0.1, -0.05) is 25.1 Å². The van der Waals surface area contributed by atoms with Crippen molar-refractivity contribution in [3.63, 3.8) is 0 Å². The van der Waals surface area contributed by atoms with Gasteiger partial charge in [0, 0.05) is 17.7 Å². The highest BCUT2D eigenvalue weighted by Gasteiger charge is 2.34. The average Bonchev–Trinajstić information content (AvgIpc) is 3.23. The molecule has 0 amide bonds. The van der Waals surface area contributed by atoms with Crippen LogP contribution in [0.3, 0.4) is 0 Å². The van der Waals surface area contributed by atoms with E-state index in [1.807, 2.05) is 36.4 Å². The molecule has 0 fully saturated rings. The normalized spacial score (nSPS) is 17.7. The number of imidazole rings is 1. The maximum atomic E-state index is 13.0. The zero-order valence-electron chi connectivity index (χ0n) is 18.5. The maximum Gasteiger partial charge on any atom is 0.387 e. The molecule has 2 aromatic carbocycles. The molecule has 9 heteroatoms. The molecule has 0 spiro atoms. The number of rotatable bonds is 7. The quantitative estimate of drug-likeness (QED) is 0.417. The fourth-order valence-electron chi connectivity index (χ4n) is 4.18. The minimum absolute atomic E-state index is 0.0612. The van der Waals surface area contributed by atoms with Gasteiger partial charge >= 0.3 is 6.61 Å². The molecule has 5 rings (SSSR count). The first-order valence-corrected chi connectivity index (χ1v) is 11.1. The summed E-state index contributed by atoms with van der Waals surface area (Å²) in [5.74, 6) is 0.848. The molecule has 0 saturated carbocycles. The number of para-hydroxylation sites is 1. The lowest BCUT2D eigenvalue weighted by atomic mass is 9.96. The lowest BCUT2D eigenvalue weighted by Gasteiger charge is -2.28. The van der Waals surface area contributed by atoms with E-state index in [0.29, 0.717) is 34.9 Å². The number of alkyl halides is 2. The highest BCUT2D eigenvalue weighted by atomic mass is 19.3. The number of aromatic nitrogens is 3. The van der Waals surface area contributed by atoms with Crippen LogP contribution in [0.25, 0.3) is 16.9 Å². The molecule has 0 unspecified atom stereocenters. The third-order valence-electron chi connectivity index (χ3n) is 5.71. The van der Waals surface area contributed by atoms with Gasteiger partial charge in [-0.15, -0.1) is 0 Å². The fourth-order valence-corrected chi connectivity index (χ4v) is 4.18. The van der Waals surface area contributed by atoms with Crippen molar-refractivity contribution in [1.29, 1.82) is 0 Å². The van der Waals surface area contributed by atoms with Gasteiger partial charge in [0.2, 0.25) is 0 Å². The SMILES string of the molecule is CCCOc1ccc(-c2ccc3nc4c(n3n2)[C@@H](c2ccccc2OC(F)F)NC[C@@H]4O)cc1. The molecule has 0 radical (unpaired) electrons. The molecule has 2 N–H and O–H groups in total. The van der Waals surface area contributed by atoms with Crippen LogP contribution in [0.4, 0.5) is 8.78 Å². The first kappa shape index (κ1) is 22.2. The Hall–Kier alpha value is -3.56. The number of fused-ring (bicyclic) bond motifs is 3. The number of aliphatic hydroxyl groups is 1. The molecule has 7 nitrogen and oxygen atoms in total. The number of nitrogens with one attached hydrogen (secondary N) is 1. The monoisotopic (exact) mass is 466 g/mol. The van der Waals surface area contributed by atoms with Gasteiger partial charge in [0.1, 0.15) is 17.6 Å². The van der Waals surface area contributed by atoms with Crippen LogP contribution in [0.1, 0.15) is 42.4 Å². The highest BCUT2D eigenvalue weighted by Crippen LogP contribution is 2.37. The number of nitrogens with zero attached hydrogens (tertiary/aromatic N) is 3. The van der Waals surface area contributed by atoms with Crippen LogP contribution in [0.15, 0.2) is 60.7 Å². The highest BCUT2D eigenvalue weighted by molar-refractivity contribution is 5.62. The number of aliphatic hydroxyl groups excluding tert-OH is 1. The molecule has 2 aromatic heterocycles. The molecule has 0 bridgehead atoms. The molecule has 4 aromatic rings. The third-order valence-corrected chi connectivity index (χ3v) is 5.71. The first-order chi connectivity index (χ1) is 16.5. The van der Waals surface area contributed by atoms with Gasteiger partial charge < -0.3 is 19.9 Å². The van der Waals surface area contributed by atoms with Crippen molar-refractivity contribution in [2.24, 2.45) is 0 Å². The zero-order chi connectivity index (χ0) is 23.7. The van der Waals surface area contributed by atoms with E-state index in [1.54, 1.807) is 22.7 Å². The third kappa shape index (κ3) is 4.20. The van der Waals surface area contributed by atoms with E-state index >= 15 is 0 Å². The van der Waals surface area contributed by atoms with E-state index in [2.05, 4.69) is 17.2 Å². The summed E-state index contributed by atoms with van der Waals surface area (Å²) in [5.41, 5.74) is 3.70. The molecule has 0 aliphatic carbocycles. The van der Waals surface area contributed by atoms with Crippen molar-refractivity contribution < 1.29 is 23.4 Å². The second kappa shape index (κ2) is 9.36. The minimum atomic E-state index is -2.95. The van der Waals surface area contributed by atoms with Crippen LogP contribution in [0.5, 0.6) is 11.5 Å². The number of ether oxygens (including phenoxy) is 2. The van der Waals surface area contributed by atoms with Crippen LogP contribution in [-0.2, 0) is 0 Å². The zero-order valence-corrected chi connectivity index (χ0v) is 18.5. The molecule has 176 valence electrons. The Morgan fingerprint density at radius 1 is 1.12 bits per heavy atom. The predicted octanol–water partition coefficient (Wildman–Crippen LogP) is 4.51. The van der Waals surface area contributed by atoms with Crippen LogP contribution in [0.2, 0.25) is 0 Å². The standard InChI is InChI=1S/C25H24F2N4O3/c1-2-13-33-16-9-7-15(8-10-16)18-11-12-21-29-23-19(32)14-28-22(24(23)31(21)30-18)17-5-3-4-6-20(17)34-25(26)27/h3-12,19,22,25,28,32H,2,13-14H2,1H3/t19-,22+/m0/s1. The van der Waals surface area contributed by atoms with Crippen LogP contribution >= 0.6 is 0 Å². The fraction of sp³-hybridized carbons (Fsp3) is 0.280. The second-order valence-corrected chi connectivity index (χ2v) is 8.02. The summed E-state index contributed by atoms with van der Waals surface area (Å²) in [5, 5.41) is 18.6. The van der Waals surface area contributed by atoms with Gasteiger partial charge in [-0.05, 0) is 48.9 Å². The molecule has 1 aliphatic heterocycles. The van der Waals surface area contributed by atoms with Crippen molar-refractivity contribution in [3.05, 3.63) is 77.6 Å². The number of hydrogen-bond acceptors (Lipinski definition) is 6. The summed E-state index contributed by atoms with van der Waals surface area (Å²) in [6.07, 6.45) is 0.0766. The number of β-amino-alcohol motifs (C(OH)–C–C–N with tert-alkyl or cyclic N) is 1. The average molecular weight is 466 g/mol. The Morgan fingerprint density at radius 2 is 1.91 bits per heavy atom. The molecule has 3 heterocycles. The number of benzene rings is 2. The van der Waals surface area contributed by atoms with Gasteiger partial charge in [-0.2, -0.15) is 13.9 Å². The van der Waals surface area contributed by atoms with Crippen LogP contribution in [-0.4, -0.2) is 39.5 Å². The number of hydrogen-bond donors (Lipinski definition) is 2. The molecule has 1 aliphatic rings. The Morgan fingerprint density at radius 3 is 2.68 bits per heavy atom. The van der Waals surface area contributed by atoms with Crippen molar-refractivity contribution in [2.75, 3.05) is 13.2 Å². The van der Waals surface area contributed by atoms with E-state index in [4.69, 9.17) is 14.6 Å². The van der Waals surface area contributed by atoms with Crippen molar-refractivity contribution in [1.82, 2.24) is 19.9 Å². The molecule has 2 atom stereocenters. The van der Waals surface area contributed by atoms with Gasteiger partial charge in [-0.25, -0.2) is 9.50 Å². The molecular weight excluding hydrogens is 442 g/mol. The summed E-state index contributed by atoms with van der Waals surface area (Å²) in [4.78, 5) is 4.58. The van der Waals surface area contributed by atoms with Crippen LogP contribution in [0, 0.1) is 0 Å². The minimum Gasteiger partial charge on any atom is -0.494 e. The number of halogens is 2. The van der Waals surface area contributed by atoms with Gasteiger partial charge in [-0.3, -0.25) is 0 Å². The Labute approximate surface area is 195 Å². The van der Waals surface area contributed by atoms with Crippen molar-refractivity contribution >= 4 is 5.65 Å². The van der Waals surface area contributed by atoms with Gasteiger partial charge in [0.05, 0.1) is 29.7 Å². The van der Waals surface area contributed by atoms with E-state index in [0.717, 1.165) is 17.7 Å². The van der Waals surface area contributed by atoms with Gasteiger partial charge in [0.25, 0.3) is 0 Å². The molecule has 0 saturated heterocycles. The van der Waals surface area contributed by atoms with Gasteiger partial charge in [0.15, 0.2) is 5.65 Å². The smallest absolute Gasteiger partial charge is 0.387 e. The van der Waals surface area contributed by atoms with Crippen molar-refractivity contribution in [3.8, 4) is 22.8 Å². The summed E-state index contributed by atoms with van der Waals surface area (Å²) in [6, 6.07) is 17.4. The predicted molar refractivity (Wildman–Crippen MR) is 122 cm³/mol. The molecular formula is C25H24F2N4O3. The Kier molecular flexibility index (Phi) is 6.12. The topological polar surface area (TPSA) is 80.9 Å². The largest absolute Gasteiger partial charge is 0.494 e. The molecule has 34 heavy (non-hydrogen) atoms. The Bertz CT molecular complexity index is 1290. The lowest BCUT2D eigenvalue weighted by Crippen LogP contribution is -2.35. The summed E-state index contributed by atoms with van der Waals surface area (Å²) >= 11 is 0. The lowest BCUT2D eigenvalue weighted by molar-refractivity contribution is -0.0507. The maximum absolute atomic E-state index is 13.0. The summed E-state index contributed by atoms with van der Waals surface area (Å²) in [6.45, 7) is -0.0309. The Balaban J connectivity index is 1.58. The summed E-state index contributed by atoms with van der Waals surface area (Å²) < 4.78 is 38.1. The summed E-state index contributed by atoms with van der Waals surface area (Å²) in [7, 11) is 0. The van der Waals surface area contributed by atoms with E-state index < -0.39 is 18.8 Å². The van der Waals surface area contributed by atoms with Crippen LogP contribution < -0.4 is 14.8 Å². The van der Waals surface area contributed by atoms with E-state index in [1.165, 1.54) is 6.07 Å². The first-order valence-electron chi connectivity index (χ1n) is 11.1.